The van der Waals surface area contributed by atoms with Gasteiger partial charge in [-0.25, -0.2) is 4.98 Å². The number of aromatic nitrogens is 2. The molecule has 100 valence electrons. The monoisotopic (exact) mass is 275 g/mol. The number of para-hydroxylation sites is 1. The van der Waals surface area contributed by atoms with Crippen molar-refractivity contribution in [3.63, 3.8) is 0 Å². The summed E-state index contributed by atoms with van der Waals surface area (Å²) in [6, 6.07) is 6.05. The summed E-state index contributed by atoms with van der Waals surface area (Å²) in [5.41, 5.74) is 7.58. The molecule has 3 N–H and O–H groups in total. The van der Waals surface area contributed by atoms with Gasteiger partial charge in [0.25, 0.3) is 5.56 Å². The molecule has 19 heavy (non-hydrogen) atoms. The molecule has 0 unspecified atom stereocenters. The lowest BCUT2D eigenvalue weighted by Gasteiger charge is -2.31. The third-order valence-corrected chi connectivity index (χ3v) is 4.87. The Balaban J connectivity index is 1.84. The van der Waals surface area contributed by atoms with Gasteiger partial charge < -0.3 is 10.7 Å². The van der Waals surface area contributed by atoms with E-state index in [1.165, 1.54) is 0 Å². The highest BCUT2D eigenvalue weighted by Gasteiger charge is 2.26. The van der Waals surface area contributed by atoms with Gasteiger partial charge in [0.15, 0.2) is 0 Å². The summed E-state index contributed by atoms with van der Waals surface area (Å²) in [5, 5.41) is 1.28. The third kappa shape index (κ3) is 2.53. The Bertz CT molecular complexity index is 661. The number of benzene rings is 1. The summed E-state index contributed by atoms with van der Waals surface area (Å²) in [7, 11) is 0. The van der Waals surface area contributed by atoms with E-state index < -0.39 is 0 Å². The quantitative estimate of drug-likeness (QED) is 0.898. The van der Waals surface area contributed by atoms with E-state index in [9.17, 15) is 4.79 Å². The van der Waals surface area contributed by atoms with Crippen LogP contribution >= 0.6 is 11.8 Å². The van der Waals surface area contributed by atoms with Crippen LogP contribution in [0.4, 0.5) is 0 Å². The van der Waals surface area contributed by atoms with Crippen LogP contribution < -0.4 is 11.3 Å². The lowest BCUT2D eigenvalue weighted by atomic mass is 9.94. The van der Waals surface area contributed by atoms with E-state index in [1.807, 2.05) is 36.9 Å². The van der Waals surface area contributed by atoms with Crippen LogP contribution in [0.15, 0.2) is 23.0 Å². The van der Waals surface area contributed by atoms with Crippen molar-refractivity contribution in [2.75, 3.05) is 0 Å². The van der Waals surface area contributed by atoms with Crippen molar-refractivity contribution in [2.24, 2.45) is 5.73 Å². The number of fused-ring (bicyclic) bond motifs is 1. The first kappa shape index (κ1) is 12.7. The van der Waals surface area contributed by atoms with E-state index in [0.717, 1.165) is 35.5 Å². The average molecular weight is 275 g/mol. The number of rotatable bonds is 3. The third-order valence-electron chi connectivity index (χ3n) is 3.57. The highest BCUT2D eigenvalue weighted by atomic mass is 32.2. The molecule has 0 bridgehead atoms. The maximum absolute atomic E-state index is 12.0. The molecule has 1 fully saturated rings. The molecule has 3 rings (SSSR count). The van der Waals surface area contributed by atoms with Crippen molar-refractivity contribution in [1.82, 2.24) is 9.97 Å². The van der Waals surface area contributed by atoms with Gasteiger partial charge in [0, 0.05) is 11.3 Å². The first-order valence-corrected chi connectivity index (χ1v) is 7.54. The van der Waals surface area contributed by atoms with Gasteiger partial charge in [-0.3, -0.25) is 4.79 Å². The van der Waals surface area contributed by atoms with Crippen LogP contribution in [-0.2, 0) is 5.75 Å². The van der Waals surface area contributed by atoms with Gasteiger partial charge in [0.1, 0.15) is 5.82 Å². The molecule has 1 heterocycles. The molecular formula is C14H17N3OS. The summed E-state index contributed by atoms with van der Waals surface area (Å²) in [5.74, 6) is 1.51. The molecule has 0 atom stereocenters. The number of aromatic amines is 1. The summed E-state index contributed by atoms with van der Waals surface area (Å²) in [4.78, 5) is 19.5. The van der Waals surface area contributed by atoms with Gasteiger partial charge >= 0.3 is 0 Å². The van der Waals surface area contributed by atoms with Crippen molar-refractivity contribution in [3.8, 4) is 0 Å². The zero-order valence-corrected chi connectivity index (χ0v) is 11.7. The average Bonchev–Trinajstić information content (AvgIpc) is 2.35. The molecular weight excluding hydrogens is 258 g/mol. The topological polar surface area (TPSA) is 71.8 Å². The second-order valence-electron chi connectivity index (χ2n) is 5.15. The lowest BCUT2D eigenvalue weighted by molar-refractivity contribution is 0.432. The highest BCUT2D eigenvalue weighted by molar-refractivity contribution is 7.99. The van der Waals surface area contributed by atoms with Crippen molar-refractivity contribution < 1.29 is 0 Å². The Hall–Kier alpha value is -1.33. The standard InChI is InChI=1S/C14H17N3OS/c1-8-3-2-4-11-13(8)16-12(17-14(11)18)7-19-10-5-9(15)6-10/h2-4,9-10H,5-7,15H2,1H3,(H,16,17,18)/t9-,10-. The van der Waals surface area contributed by atoms with Gasteiger partial charge in [0.05, 0.1) is 16.7 Å². The maximum Gasteiger partial charge on any atom is 0.258 e. The molecule has 4 nitrogen and oxygen atoms in total. The summed E-state index contributed by atoms with van der Waals surface area (Å²) >= 11 is 1.83. The molecule has 1 aromatic carbocycles. The minimum atomic E-state index is -0.0467. The normalized spacial score (nSPS) is 22.4. The van der Waals surface area contributed by atoms with Crippen LogP contribution in [0.1, 0.15) is 24.2 Å². The number of nitrogens with zero attached hydrogens (tertiary/aromatic N) is 1. The van der Waals surface area contributed by atoms with Crippen LogP contribution in [0.3, 0.4) is 0 Å². The van der Waals surface area contributed by atoms with Crippen LogP contribution in [-0.4, -0.2) is 21.3 Å². The fourth-order valence-corrected chi connectivity index (χ4v) is 3.66. The minimum absolute atomic E-state index is 0.0467. The van der Waals surface area contributed by atoms with Gasteiger partial charge in [-0.05, 0) is 31.4 Å². The number of nitrogens with one attached hydrogen (secondary N) is 1. The van der Waals surface area contributed by atoms with Gasteiger partial charge in [-0.2, -0.15) is 11.8 Å². The zero-order valence-electron chi connectivity index (χ0n) is 10.8. The maximum atomic E-state index is 12.0. The Kier molecular flexibility index (Phi) is 3.33. The van der Waals surface area contributed by atoms with E-state index >= 15 is 0 Å². The fraction of sp³-hybridized carbons (Fsp3) is 0.429. The van der Waals surface area contributed by atoms with Crippen LogP contribution in [0.2, 0.25) is 0 Å². The predicted octanol–water partition coefficient (Wildman–Crippen LogP) is 1.95. The number of aryl methyl sites for hydroxylation is 1. The van der Waals surface area contributed by atoms with E-state index in [0.29, 0.717) is 16.7 Å². The minimum Gasteiger partial charge on any atom is -0.328 e. The molecule has 1 aliphatic carbocycles. The summed E-state index contributed by atoms with van der Waals surface area (Å²) in [6.45, 7) is 1.98. The molecule has 1 aromatic heterocycles. The molecule has 0 aliphatic heterocycles. The largest absolute Gasteiger partial charge is 0.328 e. The van der Waals surface area contributed by atoms with Crippen LogP contribution in [0.25, 0.3) is 10.9 Å². The highest BCUT2D eigenvalue weighted by Crippen LogP contribution is 2.32. The second-order valence-corrected chi connectivity index (χ2v) is 6.44. The van der Waals surface area contributed by atoms with E-state index in [-0.39, 0.29) is 5.56 Å². The Morgan fingerprint density at radius 3 is 3.00 bits per heavy atom. The molecule has 1 saturated carbocycles. The van der Waals surface area contributed by atoms with E-state index in [1.54, 1.807) is 0 Å². The number of thioether (sulfide) groups is 1. The van der Waals surface area contributed by atoms with Crippen LogP contribution in [0, 0.1) is 6.92 Å². The molecule has 0 saturated heterocycles. The zero-order chi connectivity index (χ0) is 13.4. The summed E-state index contributed by atoms with van der Waals surface area (Å²) < 4.78 is 0. The van der Waals surface area contributed by atoms with Crippen LogP contribution in [0.5, 0.6) is 0 Å². The van der Waals surface area contributed by atoms with Gasteiger partial charge in [-0.1, -0.05) is 12.1 Å². The van der Waals surface area contributed by atoms with Gasteiger partial charge in [-0.15, -0.1) is 0 Å². The first-order chi connectivity index (χ1) is 9.13. The fourth-order valence-electron chi connectivity index (χ4n) is 2.36. The Morgan fingerprint density at radius 2 is 2.26 bits per heavy atom. The lowest BCUT2D eigenvalue weighted by Crippen LogP contribution is -2.38. The Morgan fingerprint density at radius 1 is 1.47 bits per heavy atom. The number of hydrogen-bond acceptors (Lipinski definition) is 4. The smallest absolute Gasteiger partial charge is 0.258 e. The number of H-pyrrole nitrogens is 1. The molecule has 1 aliphatic rings. The molecule has 2 aromatic rings. The molecule has 0 spiro atoms. The molecule has 0 amide bonds. The number of nitrogens with two attached hydrogens (primary N) is 1. The van der Waals surface area contributed by atoms with E-state index in [4.69, 9.17) is 5.73 Å². The first-order valence-electron chi connectivity index (χ1n) is 6.49. The molecule has 0 radical (unpaired) electrons. The van der Waals surface area contributed by atoms with Crippen molar-refractivity contribution >= 4 is 22.7 Å². The molecule has 5 heteroatoms. The SMILES string of the molecule is Cc1cccc2c(=O)[nH]c(CS[C@H]3C[C@H](N)C3)nc12. The summed E-state index contributed by atoms with van der Waals surface area (Å²) in [6.07, 6.45) is 2.14. The second kappa shape index (κ2) is 4.98. The van der Waals surface area contributed by atoms with Gasteiger partial charge in [0.2, 0.25) is 0 Å². The Labute approximate surface area is 115 Å². The predicted molar refractivity (Wildman–Crippen MR) is 79.4 cm³/mol. The van der Waals surface area contributed by atoms with E-state index in [2.05, 4.69) is 9.97 Å². The van der Waals surface area contributed by atoms with Crippen molar-refractivity contribution in [1.29, 1.82) is 0 Å². The van der Waals surface area contributed by atoms with Crippen molar-refractivity contribution in [2.45, 2.75) is 36.8 Å². The van der Waals surface area contributed by atoms with Crippen molar-refractivity contribution in [3.05, 3.63) is 39.9 Å². The number of hydrogen-bond donors (Lipinski definition) is 2.